The van der Waals surface area contributed by atoms with E-state index < -0.39 is 0 Å². The van der Waals surface area contributed by atoms with E-state index in [1.54, 1.807) is 4.90 Å². The fraction of sp³-hybridized carbons (Fsp3) is 0.733. The summed E-state index contributed by atoms with van der Waals surface area (Å²) in [6.07, 6.45) is 4.17. The largest absolute Gasteiger partial charge is 0.352 e. The van der Waals surface area contributed by atoms with Crippen LogP contribution in [0.5, 0.6) is 0 Å². The van der Waals surface area contributed by atoms with Crippen LogP contribution in [0.2, 0.25) is 0 Å². The van der Waals surface area contributed by atoms with Crippen LogP contribution < -0.4 is 15.1 Å². The van der Waals surface area contributed by atoms with Crippen LogP contribution in [0.25, 0.3) is 0 Å². The second-order valence-electron chi connectivity index (χ2n) is 6.19. The summed E-state index contributed by atoms with van der Waals surface area (Å²) < 4.78 is 0. The van der Waals surface area contributed by atoms with E-state index in [4.69, 9.17) is 0 Å². The maximum Gasteiger partial charge on any atom is 0.242 e. The maximum atomic E-state index is 12.5. The molecule has 1 aromatic rings. The van der Waals surface area contributed by atoms with Gasteiger partial charge in [0.05, 0.1) is 0 Å². The number of anilines is 2. The van der Waals surface area contributed by atoms with Crippen LogP contribution in [-0.4, -0.2) is 47.2 Å². The molecule has 0 bridgehead atoms. The van der Waals surface area contributed by atoms with Gasteiger partial charge in [-0.05, 0) is 32.6 Å². The van der Waals surface area contributed by atoms with Crippen molar-refractivity contribution in [3.63, 3.8) is 0 Å². The Bertz CT molecular complexity index is 590. The predicted molar refractivity (Wildman–Crippen MR) is 89.8 cm³/mol. The number of carbonyl (C=O) groups is 2. The zero-order chi connectivity index (χ0) is 16.4. The lowest BCUT2D eigenvalue weighted by atomic mass is 10.2. The van der Waals surface area contributed by atoms with Gasteiger partial charge in [-0.15, -0.1) is 10.2 Å². The number of nitrogens with zero attached hydrogens (tertiary/aromatic N) is 4. The van der Waals surface area contributed by atoms with E-state index in [2.05, 4.69) is 22.4 Å². The van der Waals surface area contributed by atoms with Gasteiger partial charge in [-0.1, -0.05) is 18.3 Å². The number of carbonyl (C=O) groups excluding carboxylic acids is 2. The Labute approximate surface area is 140 Å². The number of hydrogen-bond acceptors (Lipinski definition) is 6. The van der Waals surface area contributed by atoms with Gasteiger partial charge < -0.3 is 10.2 Å². The van der Waals surface area contributed by atoms with E-state index in [0.29, 0.717) is 18.1 Å². The van der Waals surface area contributed by atoms with Crippen molar-refractivity contribution in [2.24, 2.45) is 0 Å². The van der Waals surface area contributed by atoms with E-state index >= 15 is 0 Å². The molecule has 7 nitrogen and oxygen atoms in total. The molecular weight excluding hydrogens is 314 g/mol. The third-order valence-corrected chi connectivity index (χ3v) is 5.49. The Hall–Kier alpha value is -1.70. The lowest BCUT2D eigenvalue weighted by molar-refractivity contribution is -0.122. The molecule has 126 valence electrons. The quantitative estimate of drug-likeness (QED) is 0.882. The smallest absolute Gasteiger partial charge is 0.242 e. The van der Waals surface area contributed by atoms with Gasteiger partial charge in [0.1, 0.15) is 6.04 Å². The molecule has 2 unspecified atom stereocenters. The molecule has 3 heterocycles. The van der Waals surface area contributed by atoms with Crippen molar-refractivity contribution >= 4 is 33.4 Å². The summed E-state index contributed by atoms with van der Waals surface area (Å²) in [5, 5.41) is 12.8. The third kappa shape index (κ3) is 3.31. The summed E-state index contributed by atoms with van der Waals surface area (Å²) in [6.45, 7) is 5.59. The fourth-order valence-corrected chi connectivity index (χ4v) is 3.96. The summed E-state index contributed by atoms with van der Waals surface area (Å²) in [5.41, 5.74) is 0. The van der Waals surface area contributed by atoms with Crippen molar-refractivity contribution in [3.8, 4) is 0 Å². The van der Waals surface area contributed by atoms with E-state index in [9.17, 15) is 9.59 Å². The SMILES string of the molecule is CCC(C)NC(=O)C1CCCN1c1nnc(N2CCCC2=O)s1. The van der Waals surface area contributed by atoms with Crippen LogP contribution in [0.3, 0.4) is 0 Å². The third-order valence-electron chi connectivity index (χ3n) is 4.51. The van der Waals surface area contributed by atoms with Crippen LogP contribution in [0.4, 0.5) is 10.3 Å². The molecule has 2 amide bonds. The second kappa shape index (κ2) is 6.82. The van der Waals surface area contributed by atoms with E-state index in [1.165, 1.54) is 11.3 Å². The lowest BCUT2D eigenvalue weighted by Crippen LogP contribution is -2.46. The van der Waals surface area contributed by atoms with Gasteiger partial charge in [0.15, 0.2) is 0 Å². The van der Waals surface area contributed by atoms with Gasteiger partial charge >= 0.3 is 0 Å². The monoisotopic (exact) mass is 337 g/mol. The molecule has 23 heavy (non-hydrogen) atoms. The van der Waals surface area contributed by atoms with Gasteiger partial charge in [-0.3, -0.25) is 14.5 Å². The van der Waals surface area contributed by atoms with Crippen molar-refractivity contribution in [2.45, 2.75) is 58.0 Å². The summed E-state index contributed by atoms with van der Waals surface area (Å²) >= 11 is 1.41. The highest BCUT2D eigenvalue weighted by Gasteiger charge is 2.34. The minimum atomic E-state index is -0.181. The topological polar surface area (TPSA) is 78.4 Å². The average Bonchev–Trinajstić information content (AvgIpc) is 3.25. The summed E-state index contributed by atoms with van der Waals surface area (Å²) in [5.74, 6) is 0.172. The normalized spacial score (nSPS) is 22.7. The molecular formula is C15H23N5O2S. The average molecular weight is 337 g/mol. The Morgan fingerprint density at radius 3 is 2.83 bits per heavy atom. The van der Waals surface area contributed by atoms with Crippen LogP contribution in [0, 0.1) is 0 Å². The highest BCUT2D eigenvalue weighted by molar-refractivity contribution is 7.19. The Morgan fingerprint density at radius 1 is 1.35 bits per heavy atom. The molecule has 0 radical (unpaired) electrons. The Morgan fingerprint density at radius 2 is 2.13 bits per heavy atom. The molecule has 0 aromatic carbocycles. The minimum absolute atomic E-state index is 0.0610. The summed E-state index contributed by atoms with van der Waals surface area (Å²) in [4.78, 5) is 28.0. The van der Waals surface area contributed by atoms with Crippen molar-refractivity contribution < 1.29 is 9.59 Å². The van der Waals surface area contributed by atoms with Gasteiger partial charge in [0.2, 0.25) is 22.1 Å². The van der Waals surface area contributed by atoms with Crippen molar-refractivity contribution in [1.82, 2.24) is 15.5 Å². The van der Waals surface area contributed by atoms with Crippen LogP contribution in [-0.2, 0) is 9.59 Å². The highest BCUT2D eigenvalue weighted by atomic mass is 32.1. The zero-order valence-corrected chi connectivity index (χ0v) is 14.4. The van der Waals surface area contributed by atoms with Gasteiger partial charge in [-0.2, -0.15) is 0 Å². The molecule has 1 N–H and O–H groups in total. The first-order valence-corrected chi connectivity index (χ1v) is 9.12. The number of aromatic nitrogens is 2. The first-order chi connectivity index (χ1) is 11.1. The van der Waals surface area contributed by atoms with Crippen molar-refractivity contribution in [2.75, 3.05) is 22.9 Å². The van der Waals surface area contributed by atoms with Gasteiger partial charge in [-0.25, -0.2) is 0 Å². The lowest BCUT2D eigenvalue weighted by Gasteiger charge is -2.24. The molecule has 2 fully saturated rings. The van der Waals surface area contributed by atoms with Gasteiger partial charge in [0, 0.05) is 25.6 Å². The highest BCUT2D eigenvalue weighted by Crippen LogP contribution is 2.33. The first kappa shape index (κ1) is 16.2. The van der Waals surface area contributed by atoms with Crippen molar-refractivity contribution in [1.29, 1.82) is 0 Å². The summed E-state index contributed by atoms with van der Waals surface area (Å²) in [6, 6.07) is -0.00349. The standard InChI is InChI=1S/C15H23N5O2S/c1-3-10(2)16-13(22)11-6-4-8-19(11)14-17-18-15(23-14)20-9-5-7-12(20)21/h10-11H,3-9H2,1-2H3,(H,16,22). The van der Waals surface area contributed by atoms with E-state index in [1.807, 2.05) is 11.8 Å². The second-order valence-corrected chi connectivity index (χ2v) is 7.12. The number of nitrogens with one attached hydrogen (secondary N) is 1. The van der Waals surface area contributed by atoms with Gasteiger partial charge in [0.25, 0.3) is 0 Å². The van der Waals surface area contributed by atoms with E-state index in [0.717, 1.165) is 37.4 Å². The number of hydrogen-bond donors (Lipinski definition) is 1. The number of rotatable bonds is 5. The maximum absolute atomic E-state index is 12.5. The molecule has 1 aromatic heterocycles. The fourth-order valence-electron chi connectivity index (χ4n) is 2.99. The molecule has 0 spiro atoms. The van der Waals surface area contributed by atoms with Crippen molar-refractivity contribution in [3.05, 3.63) is 0 Å². The molecule has 2 saturated heterocycles. The summed E-state index contributed by atoms with van der Waals surface area (Å²) in [7, 11) is 0. The van der Waals surface area contributed by atoms with Crippen LogP contribution >= 0.6 is 11.3 Å². The first-order valence-electron chi connectivity index (χ1n) is 8.31. The van der Waals surface area contributed by atoms with Crippen LogP contribution in [0.15, 0.2) is 0 Å². The molecule has 0 saturated carbocycles. The molecule has 2 aliphatic heterocycles. The minimum Gasteiger partial charge on any atom is -0.352 e. The van der Waals surface area contributed by atoms with Crippen LogP contribution in [0.1, 0.15) is 46.0 Å². The Kier molecular flexibility index (Phi) is 4.79. The molecule has 3 rings (SSSR count). The Balaban J connectivity index is 1.71. The molecule has 2 atom stereocenters. The molecule has 0 aliphatic carbocycles. The van der Waals surface area contributed by atoms with E-state index in [-0.39, 0.29) is 23.9 Å². The number of amides is 2. The molecule has 2 aliphatic rings. The zero-order valence-electron chi connectivity index (χ0n) is 13.6. The molecule has 8 heteroatoms. The predicted octanol–water partition coefficient (Wildman–Crippen LogP) is 1.55.